The van der Waals surface area contributed by atoms with Crippen molar-refractivity contribution in [2.45, 2.75) is 20.8 Å². The number of aromatic amines is 1. The molecule has 0 aliphatic carbocycles. The van der Waals surface area contributed by atoms with E-state index in [1.54, 1.807) is 13.0 Å². The number of carbonyl (C=O) groups is 1. The van der Waals surface area contributed by atoms with E-state index in [9.17, 15) is 14.9 Å². The van der Waals surface area contributed by atoms with Gasteiger partial charge in [-0.25, -0.2) is 0 Å². The predicted molar refractivity (Wildman–Crippen MR) is 105 cm³/mol. The zero-order valence-corrected chi connectivity index (χ0v) is 15.3. The van der Waals surface area contributed by atoms with E-state index >= 15 is 0 Å². The van der Waals surface area contributed by atoms with Gasteiger partial charge < -0.3 is 0 Å². The molecule has 0 atom stereocenters. The Morgan fingerprint density at radius 2 is 1.81 bits per heavy atom. The molecule has 0 aliphatic heterocycles. The number of allylic oxidation sites excluding steroid dienone is 1. The molecule has 3 aromatic rings. The van der Waals surface area contributed by atoms with Crippen LogP contribution >= 0.6 is 0 Å². The second-order valence-electron chi connectivity index (χ2n) is 6.46. The van der Waals surface area contributed by atoms with E-state index in [0.717, 1.165) is 11.3 Å². The van der Waals surface area contributed by atoms with E-state index in [0.29, 0.717) is 16.8 Å². The summed E-state index contributed by atoms with van der Waals surface area (Å²) in [5.74, 6) is -0.227. The Morgan fingerprint density at radius 1 is 1.04 bits per heavy atom. The van der Waals surface area contributed by atoms with E-state index in [1.807, 2.05) is 12.1 Å². The summed E-state index contributed by atoms with van der Waals surface area (Å²) < 4.78 is 0. The molecule has 0 saturated carbocycles. The van der Waals surface area contributed by atoms with Gasteiger partial charge >= 0.3 is 0 Å². The number of carbonyl (C=O) groups excluding carboxylic acids is 1. The molecule has 0 amide bonds. The number of hydrogen-bond acceptors (Lipinski definition) is 4. The van der Waals surface area contributed by atoms with Gasteiger partial charge in [-0.3, -0.25) is 20.0 Å². The summed E-state index contributed by atoms with van der Waals surface area (Å²) in [4.78, 5) is 22.7. The quantitative estimate of drug-likeness (QED) is 0.306. The van der Waals surface area contributed by atoms with Crippen LogP contribution in [0.4, 0.5) is 5.69 Å². The molecule has 136 valence electrons. The number of nitro benzene ring substituents is 1. The molecule has 1 heterocycles. The van der Waals surface area contributed by atoms with Crippen molar-refractivity contribution in [1.29, 1.82) is 0 Å². The van der Waals surface area contributed by atoms with Crippen LogP contribution < -0.4 is 0 Å². The van der Waals surface area contributed by atoms with Crippen molar-refractivity contribution in [3.63, 3.8) is 0 Å². The maximum absolute atomic E-state index is 12.3. The molecule has 2 aromatic carbocycles. The number of H-pyrrole nitrogens is 1. The van der Waals surface area contributed by atoms with Gasteiger partial charge in [-0.1, -0.05) is 12.1 Å². The van der Waals surface area contributed by atoms with E-state index in [2.05, 4.69) is 36.2 Å². The highest BCUT2D eigenvalue weighted by atomic mass is 16.6. The summed E-state index contributed by atoms with van der Waals surface area (Å²) in [5, 5.41) is 18.1. The maximum Gasteiger partial charge on any atom is 0.272 e. The van der Waals surface area contributed by atoms with Crippen molar-refractivity contribution < 1.29 is 9.72 Å². The third-order valence-electron chi connectivity index (χ3n) is 4.49. The van der Waals surface area contributed by atoms with Gasteiger partial charge in [-0.15, -0.1) is 0 Å². The number of nitrogens with one attached hydrogen (secondary N) is 1. The zero-order chi connectivity index (χ0) is 19.6. The summed E-state index contributed by atoms with van der Waals surface area (Å²) in [6.07, 6.45) is 3.08. The van der Waals surface area contributed by atoms with Crippen LogP contribution in [0.3, 0.4) is 0 Å². The summed E-state index contributed by atoms with van der Waals surface area (Å²) >= 11 is 0. The lowest BCUT2D eigenvalue weighted by molar-refractivity contribution is -0.385. The first kappa shape index (κ1) is 18.3. The Morgan fingerprint density at radius 3 is 2.48 bits per heavy atom. The molecular formula is C21H19N3O3. The van der Waals surface area contributed by atoms with E-state index < -0.39 is 4.92 Å². The summed E-state index contributed by atoms with van der Waals surface area (Å²) in [7, 11) is 0. The largest absolute Gasteiger partial charge is 0.289 e. The molecule has 0 unspecified atom stereocenters. The number of aryl methyl sites for hydroxylation is 3. The molecule has 0 spiro atoms. The molecule has 6 nitrogen and oxygen atoms in total. The van der Waals surface area contributed by atoms with Crippen LogP contribution in [-0.4, -0.2) is 20.9 Å². The van der Waals surface area contributed by atoms with Crippen molar-refractivity contribution in [2.75, 3.05) is 0 Å². The van der Waals surface area contributed by atoms with Gasteiger partial charge in [0, 0.05) is 22.8 Å². The number of nitro groups is 1. The Labute approximate surface area is 156 Å². The van der Waals surface area contributed by atoms with E-state index in [1.165, 1.54) is 35.4 Å². The third-order valence-corrected chi connectivity index (χ3v) is 4.49. The number of nitrogens with zero attached hydrogens (tertiary/aromatic N) is 2. The fraction of sp³-hybridized carbons (Fsp3) is 0.143. The van der Waals surface area contributed by atoms with Crippen LogP contribution in [0.25, 0.3) is 17.3 Å². The minimum absolute atomic E-state index is 0.00197. The lowest BCUT2D eigenvalue weighted by Crippen LogP contribution is -1.98. The van der Waals surface area contributed by atoms with Crippen molar-refractivity contribution >= 4 is 17.5 Å². The molecule has 1 aromatic heterocycles. The second kappa shape index (κ2) is 7.37. The maximum atomic E-state index is 12.3. The lowest BCUT2D eigenvalue weighted by Gasteiger charge is -2.01. The predicted octanol–water partition coefficient (Wildman–Crippen LogP) is 4.81. The Kier molecular flexibility index (Phi) is 4.98. The van der Waals surface area contributed by atoms with Gasteiger partial charge in [0.15, 0.2) is 5.78 Å². The highest BCUT2D eigenvalue weighted by molar-refractivity contribution is 6.07. The monoisotopic (exact) mass is 361 g/mol. The average Bonchev–Trinajstić information content (AvgIpc) is 3.10. The minimum atomic E-state index is -0.460. The first-order chi connectivity index (χ1) is 12.8. The molecule has 0 radical (unpaired) electrons. The first-order valence-corrected chi connectivity index (χ1v) is 8.45. The van der Waals surface area contributed by atoms with Crippen LogP contribution in [0.1, 0.15) is 32.7 Å². The van der Waals surface area contributed by atoms with Gasteiger partial charge in [-0.2, -0.15) is 5.10 Å². The van der Waals surface area contributed by atoms with Crippen molar-refractivity contribution in [3.8, 4) is 11.3 Å². The molecule has 0 bridgehead atoms. The number of hydrogen-bond donors (Lipinski definition) is 1. The normalized spacial score (nSPS) is 11.1. The molecule has 0 saturated heterocycles. The average molecular weight is 361 g/mol. The zero-order valence-electron chi connectivity index (χ0n) is 15.3. The molecule has 27 heavy (non-hydrogen) atoms. The number of benzene rings is 2. The Balaban J connectivity index is 1.77. The molecule has 1 N–H and O–H groups in total. The van der Waals surface area contributed by atoms with Crippen LogP contribution in [-0.2, 0) is 0 Å². The van der Waals surface area contributed by atoms with Gasteiger partial charge in [0.1, 0.15) is 0 Å². The summed E-state index contributed by atoms with van der Waals surface area (Å²) in [5.41, 5.74) is 5.79. The van der Waals surface area contributed by atoms with Crippen molar-refractivity contribution in [3.05, 3.63) is 86.6 Å². The fourth-order valence-electron chi connectivity index (χ4n) is 2.75. The minimum Gasteiger partial charge on any atom is -0.289 e. The van der Waals surface area contributed by atoms with Gasteiger partial charge in [0.25, 0.3) is 5.69 Å². The van der Waals surface area contributed by atoms with Crippen LogP contribution in [0.2, 0.25) is 0 Å². The van der Waals surface area contributed by atoms with Crippen LogP contribution in [0.5, 0.6) is 0 Å². The van der Waals surface area contributed by atoms with Crippen molar-refractivity contribution in [2.24, 2.45) is 0 Å². The second-order valence-corrected chi connectivity index (χ2v) is 6.46. The molecule has 0 aliphatic rings. The SMILES string of the molecule is Cc1ccc(-c2cc(/C=C/C(=O)c3ccc([N+](=O)[O-])c(C)c3)[nH]n2)cc1C. The van der Waals surface area contributed by atoms with Crippen LogP contribution in [0.15, 0.2) is 48.5 Å². The van der Waals surface area contributed by atoms with E-state index in [-0.39, 0.29) is 11.5 Å². The van der Waals surface area contributed by atoms with Gasteiger partial charge in [0.2, 0.25) is 0 Å². The van der Waals surface area contributed by atoms with E-state index in [4.69, 9.17) is 0 Å². The first-order valence-electron chi connectivity index (χ1n) is 8.45. The topological polar surface area (TPSA) is 88.9 Å². The third kappa shape index (κ3) is 4.00. The number of aromatic nitrogens is 2. The molecule has 6 heteroatoms. The summed E-state index contributed by atoms with van der Waals surface area (Å²) in [6.45, 7) is 5.73. The van der Waals surface area contributed by atoms with Gasteiger partial charge in [-0.05, 0) is 68.3 Å². The summed E-state index contributed by atoms with van der Waals surface area (Å²) in [6, 6.07) is 12.3. The van der Waals surface area contributed by atoms with Crippen LogP contribution in [0, 0.1) is 30.9 Å². The smallest absolute Gasteiger partial charge is 0.272 e. The Hall–Kier alpha value is -3.54. The highest BCUT2D eigenvalue weighted by Gasteiger charge is 2.12. The molecular weight excluding hydrogens is 342 g/mol. The number of rotatable bonds is 5. The Bertz CT molecular complexity index is 1060. The highest BCUT2D eigenvalue weighted by Crippen LogP contribution is 2.22. The lowest BCUT2D eigenvalue weighted by atomic mass is 10.0. The fourth-order valence-corrected chi connectivity index (χ4v) is 2.75. The standard InChI is InChI=1S/C21H19N3O3/c1-13-4-5-16(10-14(13)2)19-12-18(22-23-19)7-9-21(25)17-6-8-20(24(26)27)15(3)11-17/h4-12H,1-3H3,(H,22,23)/b9-7+. The number of ketones is 1. The van der Waals surface area contributed by atoms with Gasteiger partial charge in [0.05, 0.1) is 16.3 Å². The van der Waals surface area contributed by atoms with Crippen molar-refractivity contribution in [1.82, 2.24) is 10.2 Å². The molecule has 0 fully saturated rings. The molecule has 3 rings (SSSR count).